The third-order valence-electron chi connectivity index (χ3n) is 2.75. The van der Waals surface area contributed by atoms with Gasteiger partial charge in [0.15, 0.2) is 15.0 Å². The predicted octanol–water partition coefficient (Wildman–Crippen LogP) is 0.442. The fourth-order valence-corrected chi connectivity index (χ4v) is 4.25. The lowest BCUT2D eigenvalue weighted by Crippen LogP contribution is -2.09. The van der Waals surface area contributed by atoms with Crippen LogP contribution in [-0.4, -0.2) is 40.4 Å². The van der Waals surface area contributed by atoms with Crippen LogP contribution in [0.25, 0.3) is 0 Å². The van der Waals surface area contributed by atoms with Gasteiger partial charge in [0.1, 0.15) is 5.82 Å². The fourth-order valence-electron chi connectivity index (χ4n) is 1.91. The van der Waals surface area contributed by atoms with Crippen LogP contribution in [0, 0.1) is 12.3 Å². The molecule has 92 valence electrons. The van der Waals surface area contributed by atoms with Crippen LogP contribution in [0.5, 0.6) is 0 Å². The SMILES string of the molecule is C#CCSc1nnc([C@@H]2CCS(=O)(=O)C2)n1C. The molecule has 0 spiro atoms. The first kappa shape index (κ1) is 12.5. The van der Waals surface area contributed by atoms with Gasteiger partial charge in [-0.1, -0.05) is 17.7 Å². The highest BCUT2D eigenvalue weighted by Gasteiger charge is 2.32. The average molecular weight is 271 g/mol. The van der Waals surface area contributed by atoms with Gasteiger partial charge in [-0.05, 0) is 6.42 Å². The number of nitrogens with zero attached hydrogens (tertiary/aromatic N) is 3. The summed E-state index contributed by atoms with van der Waals surface area (Å²) >= 11 is 1.43. The van der Waals surface area contributed by atoms with E-state index in [9.17, 15) is 8.42 Å². The maximum Gasteiger partial charge on any atom is 0.191 e. The zero-order valence-corrected chi connectivity index (χ0v) is 11.1. The van der Waals surface area contributed by atoms with Gasteiger partial charge in [-0.25, -0.2) is 8.42 Å². The lowest BCUT2D eigenvalue weighted by molar-refractivity contribution is 0.599. The standard InChI is InChI=1S/C10H13N3O2S2/c1-3-5-16-10-12-11-9(13(10)2)8-4-6-17(14,15)7-8/h1,8H,4-7H2,2H3/t8-/m1/s1. The van der Waals surface area contributed by atoms with Crippen LogP contribution in [0.2, 0.25) is 0 Å². The minimum Gasteiger partial charge on any atom is -0.309 e. The molecule has 1 aliphatic rings. The molecule has 1 aliphatic heterocycles. The van der Waals surface area contributed by atoms with E-state index in [1.807, 2.05) is 11.6 Å². The Hall–Kier alpha value is -1.00. The molecule has 17 heavy (non-hydrogen) atoms. The molecule has 0 amide bonds. The van der Waals surface area contributed by atoms with E-state index in [-0.39, 0.29) is 17.4 Å². The Bertz CT molecular complexity index is 557. The number of aromatic nitrogens is 3. The quantitative estimate of drug-likeness (QED) is 0.589. The molecule has 0 bridgehead atoms. The zero-order chi connectivity index (χ0) is 12.5. The third kappa shape index (κ3) is 2.64. The predicted molar refractivity (Wildman–Crippen MR) is 66.6 cm³/mol. The second-order valence-electron chi connectivity index (χ2n) is 3.99. The van der Waals surface area contributed by atoms with Crippen LogP contribution in [0.4, 0.5) is 0 Å². The molecule has 1 saturated heterocycles. The number of rotatable bonds is 3. The molecule has 0 N–H and O–H groups in total. The Kier molecular flexibility index (Phi) is 3.45. The van der Waals surface area contributed by atoms with Crippen LogP contribution >= 0.6 is 11.8 Å². The number of sulfone groups is 1. The molecule has 0 unspecified atom stereocenters. The summed E-state index contributed by atoms with van der Waals surface area (Å²) in [5.74, 6) is 4.20. The smallest absolute Gasteiger partial charge is 0.191 e. The molecular weight excluding hydrogens is 258 g/mol. The van der Waals surface area contributed by atoms with E-state index in [0.29, 0.717) is 12.2 Å². The Balaban J connectivity index is 2.18. The molecule has 0 aliphatic carbocycles. The van der Waals surface area contributed by atoms with Crippen molar-refractivity contribution in [2.24, 2.45) is 7.05 Å². The van der Waals surface area contributed by atoms with Crippen molar-refractivity contribution in [2.45, 2.75) is 17.5 Å². The average Bonchev–Trinajstić information content (AvgIpc) is 2.79. The Labute approximate surface area is 105 Å². The van der Waals surface area contributed by atoms with Gasteiger partial charge in [0, 0.05) is 13.0 Å². The van der Waals surface area contributed by atoms with Crippen molar-refractivity contribution in [3.63, 3.8) is 0 Å². The van der Waals surface area contributed by atoms with E-state index in [4.69, 9.17) is 6.42 Å². The summed E-state index contributed by atoms with van der Waals surface area (Å²) in [7, 11) is -1.04. The summed E-state index contributed by atoms with van der Waals surface area (Å²) in [6.45, 7) is 0. The molecule has 0 saturated carbocycles. The molecule has 5 nitrogen and oxygen atoms in total. The summed E-state index contributed by atoms with van der Waals surface area (Å²) in [5.41, 5.74) is 0. The van der Waals surface area contributed by atoms with Gasteiger partial charge in [0.2, 0.25) is 0 Å². The van der Waals surface area contributed by atoms with Gasteiger partial charge in [-0.3, -0.25) is 0 Å². The number of hydrogen-bond acceptors (Lipinski definition) is 5. The molecule has 1 atom stereocenters. The van der Waals surface area contributed by atoms with Crippen LogP contribution < -0.4 is 0 Å². The normalized spacial score (nSPS) is 22.5. The number of terminal acetylenes is 1. The van der Waals surface area contributed by atoms with Gasteiger partial charge in [-0.2, -0.15) is 0 Å². The zero-order valence-electron chi connectivity index (χ0n) is 9.46. The van der Waals surface area contributed by atoms with Crippen LogP contribution in [-0.2, 0) is 16.9 Å². The largest absolute Gasteiger partial charge is 0.309 e. The van der Waals surface area contributed by atoms with E-state index < -0.39 is 9.84 Å². The van der Waals surface area contributed by atoms with E-state index >= 15 is 0 Å². The van der Waals surface area contributed by atoms with Crippen molar-refractivity contribution in [1.29, 1.82) is 0 Å². The monoisotopic (exact) mass is 271 g/mol. The highest BCUT2D eigenvalue weighted by atomic mass is 32.2. The molecule has 1 aromatic rings. The fraction of sp³-hybridized carbons (Fsp3) is 0.600. The first-order chi connectivity index (χ1) is 8.03. The van der Waals surface area contributed by atoms with E-state index in [1.54, 1.807) is 0 Å². The molecule has 2 rings (SSSR count). The van der Waals surface area contributed by atoms with Gasteiger partial charge < -0.3 is 4.57 Å². The molecular formula is C10H13N3O2S2. The highest BCUT2D eigenvalue weighted by Crippen LogP contribution is 2.29. The minimum atomic E-state index is -2.89. The van der Waals surface area contributed by atoms with Crippen molar-refractivity contribution in [1.82, 2.24) is 14.8 Å². The Morgan fingerprint density at radius 3 is 2.94 bits per heavy atom. The summed E-state index contributed by atoms with van der Waals surface area (Å²) < 4.78 is 24.7. The minimum absolute atomic E-state index is 0.0299. The summed E-state index contributed by atoms with van der Waals surface area (Å²) in [6.07, 6.45) is 5.82. The number of thioether (sulfide) groups is 1. The van der Waals surface area contributed by atoms with E-state index in [1.165, 1.54) is 11.8 Å². The summed E-state index contributed by atoms with van der Waals surface area (Å²) in [6, 6.07) is 0. The van der Waals surface area contributed by atoms with Crippen molar-refractivity contribution in [3.05, 3.63) is 5.82 Å². The van der Waals surface area contributed by atoms with Gasteiger partial charge in [0.05, 0.1) is 17.3 Å². The summed E-state index contributed by atoms with van der Waals surface area (Å²) in [4.78, 5) is 0. The van der Waals surface area contributed by atoms with Crippen molar-refractivity contribution >= 4 is 21.6 Å². The Morgan fingerprint density at radius 2 is 2.35 bits per heavy atom. The molecule has 2 heterocycles. The molecule has 0 radical (unpaired) electrons. The third-order valence-corrected chi connectivity index (χ3v) is 5.44. The molecule has 7 heteroatoms. The first-order valence-corrected chi connectivity index (χ1v) is 8.00. The van der Waals surface area contributed by atoms with Crippen molar-refractivity contribution < 1.29 is 8.42 Å². The molecule has 1 aromatic heterocycles. The Morgan fingerprint density at radius 1 is 1.59 bits per heavy atom. The maximum absolute atomic E-state index is 11.4. The molecule has 0 aromatic carbocycles. The lowest BCUT2D eigenvalue weighted by atomic mass is 10.1. The van der Waals surface area contributed by atoms with E-state index in [2.05, 4.69) is 16.1 Å². The topological polar surface area (TPSA) is 64.8 Å². The number of hydrogen-bond donors (Lipinski definition) is 0. The first-order valence-electron chi connectivity index (χ1n) is 5.19. The molecule has 1 fully saturated rings. The van der Waals surface area contributed by atoms with E-state index in [0.717, 1.165) is 11.0 Å². The van der Waals surface area contributed by atoms with Crippen molar-refractivity contribution in [3.8, 4) is 12.3 Å². The van der Waals surface area contributed by atoms with Crippen LogP contribution in [0.15, 0.2) is 5.16 Å². The van der Waals surface area contributed by atoms with Crippen molar-refractivity contribution in [2.75, 3.05) is 17.3 Å². The lowest BCUT2D eigenvalue weighted by Gasteiger charge is -2.07. The van der Waals surface area contributed by atoms with Gasteiger partial charge >= 0.3 is 0 Å². The second-order valence-corrected chi connectivity index (χ2v) is 7.16. The summed E-state index contributed by atoms with van der Waals surface area (Å²) in [5, 5.41) is 8.84. The highest BCUT2D eigenvalue weighted by molar-refractivity contribution is 7.99. The van der Waals surface area contributed by atoms with Gasteiger partial charge in [0.25, 0.3) is 0 Å². The van der Waals surface area contributed by atoms with Crippen LogP contribution in [0.1, 0.15) is 18.2 Å². The van der Waals surface area contributed by atoms with Gasteiger partial charge in [-0.15, -0.1) is 16.6 Å². The maximum atomic E-state index is 11.4. The second kappa shape index (κ2) is 4.70. The van der Waals surface area contributed by atoms with Crippen LogP contribution in [0.3, 0.4) is 0 Å².